The Balaban J connectivity index is 0. The molecule has 0 saturated heterocycles. The van der Waals surface area contributed by atoms with Crippen LogP contribution in [-0.2, 0) is 19.3 Å². The molecule has 0 radical (unpaired) electrons. The van der Waals surface area contributed by atoms with Crippen LogP contribution in [-0.4, -0.2) is 33.2 Å². The second-order valence-electron chi connectivity index (χ2n) is 1.18. The predicted molar refractivity (Wildman–Crippen MR) is 34.8 cm³/mol. The van der Waals surface area contributed by atoms with E-state index >= 15 is 0 Å². The molecule has 0 unspecified atom stereocenters. The van der Waals surface area contributed by atoms with E-state index in [0.29, 0.717) is 0 Å². The number of hydrogen-bond donors (Lipinski definition) is 2. The van der Waals surface area contributed by atoms with Crippen LogP contribution >= 0.6 is 0 Å². The molecule has 0 spiro atoms. The monoisotopic (exact) mass is 186 g/mol. The quantitative estimate of drug-likeness (QED) is 0.192. The third kappa shape index (κ3) is 27.2. The van der Waals surface area contributed by atoms with Crippen LogP contribution in [0.15, 0.2) is 0 Å². The molecule has 0 amide bonds. The van der Waals surface area contributed by atoms with E-state index in [2.05, 4.69) is 8.92 Å². The van der Waals surface area contributed by atoms with Crippen LogP contribution in [0.2, 0.25) is 0 Å². The van der Waals surface area contributed by atoms with E-state index in [1.54, 1.807) is 0 Å². The maximum atomic E-state index is 9.22. The van der Waals surface area contributed by atoms with E-state index in [1.807, 2.05) is 0 Å². The van der Waals surface area contributed by atoms with Gasteiger partial charge in [0.05, 0.1) is 14.2 Å². The highest BCUT2D eigenvalue weighted by Crippen LogP contribution is 1.74. The van der Waals surface area contributed by atoms with E-state index in [4.69, 9.17) is 11.1 Å². The minimum atomic E-state index is -4.41. The summed E-state index contributed by atoms with van der Waals surface area (Å²) in [5.74, 6) is 0. The average Bonchev–Trinajstić information content (AvgIpc) is 1.88. The van der Waals surface area contributed by atoms with Gasteiger partial charge < -0.3 is 9.29 Å². The van der Waals surface area contributed by atoms with Crippen molar-refractivity contribution in [1.82, 2.24) is 0 Å². The van der Waals surface area contributed by atoms with Gasteiger partial charge in [-0.3, -0.25) is 15.3 Å². The summed E-state index contributed by atoms with van der Waals surface area (Å²) in [5.41, 5.74) is 4.76. The van der Waals surface area contributed by atoms with Gasteiger partial charge in [0, 0.05) is 0 Å². The van der Waals surface area contributed by atoms with Crippen molar-refractivity contribution in [1.29, 1.82) is 0 Å². The van der Waals surface area contributed by atoms with Crippen LogP contribution in [0.1, 0.15) is 0 Å². The lowest BCUT2D eigenvalue weighted by molar-refractivity contribution is -0.139. The Morgan fingerprint density at radius 1 is 1.55 bits per heavy atom. The molecule has 0 aromatic rings. The van der Waals surface area contributed by atoms with Crippen molar-refractivity contribution >= 4 is 16.4 Å². The lowest BCUT2D eigenvalue weighted by atomic mass is 11.2. The SMILES string of the molecule is COC(N)=[NH2+].COS(=O)(=O)[O-]. The number of methoxy groups -OCH3 is 1. The van der Waals surface area contributed by atoms with Gasteiger partial charge >= 0.3 is 6.02 Å². The summed E-state index contributed by atoms with van der Waals surface area (Å²) in [7, 11) is -2.19. The van der Waals surface area contributed by atoms with Crippen LogP contribution < -0.4 is 11.1 Å². The molecule has 0 atom stereocenters. The summed E-state index contributed by atoms with van der Waals surface area (Å²) in [5, 5.41) is 4.76. The standard InChI is InChI=1S/C2H6N2O.CH4O4S/c1-5-2(3)4;1-5-6(2,3)4/h1H3,(H3,3,4);1H3,(H,2,3,4). The Bertz CT molecular complexity index is 198. The third-order valence-corrected chi connectivity index (χ3v) is 0.848. The van der Waals surface area contributed by atoms with E-state index in [1.165, 1.54) is 7.11 Å². The number of amidine groups is 1. The largest absolute Gasteiger partial charge is 0.726 e. The predicted octanol–water partition coefficient (Wildman–Crippen LogP) is -3.20. The number of hydrogen-bond acceptors (Lipinski definition) is 5. The molecule has 0 aromatic carbocycles. The summed E-state index contributed by atoms with van der Waals surface area (Å²) >= 11 is 0. The average molecular weight is 186 g/mol. The molecule has 8 heteroatoms. The lowest BCUT2D eigenvalue weighted by Crippen LogP contribution is -2.46. The molecule has 68 valence electrons. The van der Waals surface area contributed by atoms with Gasteiger partial charge in [-0.05, 0) is 0 Å². The molecule has 0 saturated carbocycles. The first-order chi connectivity index (χ1) is 4.83. The fourth-order valence-corrected chi connectivity index (χ4v) is 0. The van der Waals surface area contributed by atoms with Gasteiger partial charge in [-0.2, -0.15) is 0 Å². The molecule has 0 aromatic heterocycles. The summed E-state index contributed by atoms with van der Waals surface area (Å²) in [6.45, 7) is 0. The van der Waals surface area contributed by atoms with Crippen molar-refractivity contribution in [3.63, 3.8) is 0 Å². The van der Waals surface area contributed by atoms with Crippen LogP contribution in [0.25, 0.3) is 0 Å². The zero-order valence-electron chi connectivity index (χ0n) is 6.10. The van der Waals surface area contributed by atoms with Gasteiger partial charge in [0.25, 0.3) is 0 Å². The van der Waals surface area contributed by atoms with Gasteiger partial charge in [0.1, 0.15) is 0 Å². The zero-order valence-corrected chi connectivity index (χ0v) is 6.92. The smallest absolute Gasteiger partial charge is 0.437 e. The molecule has 11 heavy (non-hydrogen) atoms. The highest BCUT2D eigenvalue weighted by Gasteiger charge is 1.79. The number of ether oxygens (including phenoxy) is 1. The van der Waals surface area contributed by atoms with Crippen molar-refractivity contribution in [2.24, 2.45) is 5.73 Å². The number of nitrogens with two attached hydrogens (primary N) is 2. The van der Waals surface area contributed by atoms with Gasteiger partial charge in [0.15, 0.2) is 0 Å². The Kier molecular flexibility index (Phi) is 6.85. The molecule has 0 aliphatic heterocycles. The van der Waals surface area contributed by atoms with Crippen LogP contribution in [0, 0.1) is 0 Å². The summed E-state index contributed by atoms with van der Waals surface area (Å²) in [6.07, 6.45) is 0. The van der Waals surface area contributed by atoms with E-state index in [0.717, 1.165) is 7.11 Å². The van der Waals surface area contributed by atoms with Crippen LogP contribution in [0.4, 0.5) is 0 Å². The molecule has 0 rings (SSSR count). The van der Waals surface area contributed by atoms with Crippen molar-refractivity contribution < 1.29 is 27.3 Å². The second kappa shape index (κ2) is 5.89. The van der Waals surface area contributed by atoms with E-state index in [9.17, 15) is 13.0 Å². The molecule has 0 fully saturated rings. The Morgan fingerprint density at radius 3 is 1.73 bits per heavy atom. The molecule has 4 N–H and O–H groups in total. The van der Waals surface area contributed by atoms with Crippen molar-refractivity contribution in [3.8, 4) is 0 Å². The summed E-state index contributed by atoms with van der Waals surface area (Å²) in [6, 6.07) is 0.00463. The minimum Gasteiger partial charge on any atom is -0.726 e. The normalized spacial score (nSPS) is 9.36. The molecule has 7 nitrogen and oxygen atoms in total. The zero-order chi connectivity index (χ0) is 9.49. The molecule has 0 heterocycles. The molecule has 0 aliphatic carbocycles. The Labute approximate surface area is 64.6 Å². The first kappa shape index (κ1) is 12.8. The van der Waals surface area contributed by atoms with E-state index in [-0.39, 0.29) is 6.02 Å². The maximum Gasteiger partial charge on any atom is 0.437 e. The lowest BCUT2D eigenvalue weighted by Gasteiger charge is -1.98. The molecular weight excluding hydrogens is 176 g/mol. The highest BCUT2D eigenvalue weighted by atomic mass is 32.3. The van der Waals surface area contributed by atoms with Crippen molar-refractivity contribution in [2.45, 2.75) is 0 Å². The topological polar surface area (TPSA) is 127 Å². The second-order valence-corrected chi connectivity index (χ2v) is 2.33. The fraction of sp³-hybridized carbons (Fsp3) is 0.667. The number of rotatable bonds is 1. The van der Waals surface area contributed by atoms with Crippen LogP contribution in [0.5, 0.6) is 0 Å². The fourth-order valence-electron chi connectivity index (χ4n) is 0. The minimum absolute atomic E-state index is 0.00463. The Hall–Kier alpha value is -0.860. The summed E-state index contributed by atoms with van der Waals surface area (Å²) < 4.78 is 35.2. The highest BCUT2D eigenvalue weighted by molar-refractivity contribution is 7.80. The van der Waals surface area contributed by atoms with Gasteiger partial charge in [-0.15, -0.1) is 0 Å². The molecular formula is C3H10N2O5S. The Morgan fingerprint density at radius 2 is 1.73 bits per heavy atom. The molecule has 0 aliphatic rings. The maximum absolute atomic E-state index is 9.22. The third-order valence-electron chi connectivity index (χ3n) is 0.440. The first-order valence-corrected chi connectivity index (χ1v) is 3.60. The van der Waals surface area contributed by atoms with Crippen LogP contribution in [0.3, 0.4) is 0 Å². The first-order valence-electron chi connectivity index (χ1n) is 2.26. The van der Waals surface area contributed by atoms with Gasteiger partial charge in [-0.1, -0.05) is 0 Å². The van der Waals surface area contributed by atoms with Crippen molar-refractivity contribution in [2.75, 3.05) is 14.2 Å². The molecule has 0 bridgehead atoms. The van der Waals surface area contributed by atoms with Crippen molar-refractivity contribution in [3.05, 3.63) is 0 Å². The summed E-state index contributed by atoms with van der Waals surface area (Å²) in [4.78, 5) is 0. The van der Waals surface area contributed by atoms with Gasteiger partial charge in [0.2, 0.25) is 10.4 Å². The van der Waals surface area contributed by atoms with Gasteiger partial charge in [-0.25, -0.2) is 8.42 Å². The van der Waals surface area contributed by atoms with E-state index < -0.39 is 10.4 Å².